The SMILES string of the molecule is c1ccc2c(c1)oc1ccc(-c3ccc4c(c3)c3ccc5cccc6c7ccccc7n4c3c56)cc12. The van der Waals surface area contributed by atoms with E-state index in [9.17, 15) is 0 Å². The van der Waals surface area contributed by atoms with Gasteiger partial charge in [0.25, 0.3) is 0 Å². The zero-order valence-corrected chi connectivity index (χ0v) is 19.3. The summed E-state index contributed by atoms with van der Waals surface area (Å²) in [7, 11) is 0. The first-order chi connectivity index (χ1) is 17.8. The summed E-state index contributed by atoms with van der Waals surface area (Å²) in [5.74, 6) is 0. The Bertz CT molecular complexity index is 2300. The Morgan fingerprint density at radius 1 is 0.444 bits per heavy atom. The lowest BCUT2D eigenvalue weighted by Gasteiger charge is -2.12. The van der Waals surface area contributed by atoms with Gasteiger partial charge in [-0.25, -0.2) is 0 Å². The molecule has 0 aliphatic carbocycles. The van der Waals surface area contributed by atoms with E-state index in [4.69, 9.17) is 4.42 Å². The highest BCUT2D eigenvalue weighted by atomic mass is 16.3. The van der Waals surface area contributed by atoms with Crippen LogP contribution in [0.1, 0.15) is 0 Å². The quantitative estimate of drug-likeness (QED) is 0.177. The van der Waals surface area contributed by atoms with E-state index in [2.05, 4.69) is 108 Å². The van der Waals surface area contributed by atoms with Gasteiger partial charge >= 0.3 is 0 Å². The molecular formula is C34H19NO. The first kappa shape index (κ1) is 18.5. The second-order valence-corrected chi connectivity index (χ2v) is 9.76. The molecule has 6 aromatic carbocycles. The molecule has 0 N–H and O–H groups in total. The lowest BCUT2D eigenvalue weighted by molar-refractivity contribution is 0.669. The van der Waals surface area contributed by atoms with Gasteiger partial charge in [-0.05, 0) is 58.3 Å². The molecule has 0 radical (unpaired) electrons. The molecule has 0 atom stereocenters. The molecular weight excluding hydrogens is 438 g/mol. The van der Waals surface area contributed by atoms with Crippen molar-refractivity contribution in [1.82, 2.24) is 4.40 Å². The van der Waals surface area contributed by atoms with Crippen LogP contribution in [0.15, 0.2) is 120 Å². The molecule has 36 heavy (non-hydrogen) atoms. The smallest absolute Gasteiger partial charge is 0.135 e. The monoisotopic (exact) mass is 457 g/mol. The van der Waals surface area contributed by atoms with Gasteiger partial charge in [0.05, 0.1) is 16.6 Å². The molecule has 0 amide bonds. The minimum Gasteiger partial charge on any atom is -0.456 e. The van der Waals surface area contributed by atoms with E-state index >= 15 is 0 Å². The zero-order chi connectivity index (χ0) is 23.4. The van der Waals surface area contributed by atoms with Crippen LogP contribution in [0.25, 0.3) is 81.9 Å². The van der Waals surface area contributed by atoms with Gasteiger partial charge in [0, 0.05) is 32.3 Å². The summed E-state index contributed by atoms with van der Waals surface area (Å²) in [6.45, 7) is 0. The van der Waals surface area contributed by atoms with Crippen molar-refractivity contribution in [2.24, 2.45) is 0 Å². The third-order valence-electron chi connectivity index (χ3n) is 7.91. The molecule has 3 aromatic heterocycles. The van der Waals surface area contributed by atoms with Crippen molar-refractivity contribution in [3.8, 4) is 11.1 Å². The molecule has 2 nitrogen and oxygen atoms in total. The molecule has 0 aliphatic rings. The molecule has 3 heterocycles. The second-order valence-electron chi connectivity index (χ2n) is 9.76. The van der Waals surface area contributed by atoms with Crippen LogP contribution in [0.5, 0.6) is 0 Å². The lowest BCUT2D eigenvalue weighted by atomic mass is 9.98. The summed E-state index contributed by atoms with van der Waals surface area (Å²) >= 11 is 0. The van der Waals surface area contributed by atoms with Crippen LogP contribution in [0, 0.1) is 0 Å². The van der Waals surface area contributed by atoms with Crippen LogP contribution >= 0.6 is 0 Å². The Hall–Kier alpha value is -4.82. The average Bonchev–Trinajstić information content (AvgIpc) is 3.48. The molecule has 0 aliphatic heterocycles. The van der Waals surface area contributed by atoms with E-state index in [0.29, 0.717) is 0 Å². The Balaban J connectivity index is 1.40. The summed E-state index contributed by atoms with van der Waals surface area (Å²) in [4.78, 5) is 0. The van der Waals surface area contributed by atoms with E-state index in [1.165, 1.54) is 60.0 Å². The topological polar surface area (TPSA) is 17.6 Å². The van der Waals surface area contributed by atoms with Crippen LogP contribution in [-0.4, -0.2) is 4.40 Å². The highest BCUT2D eigenvalue weighted by molar-refractivity contribution is 6.28. The van der Waals surface area contributed by atoms with E-state index in [-0.39, 0.29) is 0 Å². The van der Waals surface area contributed by atoms with Crippen molar-refractivity contribution >= 4 is 70.8 Å². The Labute approximate surface area is 205 Å². The van der Waals surface area contributed by atoms with Crippen molar-refractivity contribution in [2.45, 2.75) is 0 Å². The Morgan fingerprint density at radius 3 is 2.11 bits per heavy atom. The summed E-state index contributed by atoms with van der Waals surface area (Å²) in [5.41, 5.74) is 8.09. The van der Waals surface area contributed by atoms with Gasteiger partial charge in [-0.1, -0.05) is 78.9 Å². The number of benzene rings is 6. The molecule has 0 fully saturated rings. The standard InChI is InChI=1S/C34H19NO/c1-3-10-29-23(7-1)25-9-5-6-20-12-15-26-27-18-21(13-16-30(27)35(29)34(26)33(20)25)22-14-17-32-28(19-22)24-8-2-4-11-31(24)36-32/h1-19H. The van der Waals surface area contributed by atoms with Gasteiger partial charge in [0.15, 0.2) is 0 Å². The van der Waals surface area contributed by atoms with Crippen LogP contribution in [-0.2, 0) is 0 Å². The number of para-hydroxylation sites is 2. The molecule has 2 heteroatoms. The van der Waals surface area contributed by atoms with E-state index in [1.807, 2.05) is 12.1 Å². The summed E-state index contributed by atoms with van der Waals surface area (Å²) in [6.07, 6.45) is 0. The maximum absolute atomic E-state index is 6.07. The summed E-state index contributed by atoms with van der Waals surface area (Å²) in [5, 5.41) is 10.2. The van der Waals surface area contributed by atoms with Crippen LogP contribution in [0.4, 0.5) is 0 Å². The van der Waals surface area contributed by atoms with Gasteiger partial charge in [-0.2, -0.15) is 0 Å². The predicted octanol–water partition coefficient (Wildman–Crippen LogP) is 9.56. The van der Waals surface area contributed by atoms with Crippen molar-refractivity contribution in [2.75, 3.05) is 0 Å². The number of furan rings is 1. The highest BCUT2D eigenvalue weighted by Crippen LogP contribution is 2.42. The predicted molar refractivity (Wildman–Crippen MR) is 151 cm³/mol. The van der Waals surface area contributed by atoms with Gasteiger partial charge in [-0.15, -0.1) is 0 Å². The van der Waals surface area contributed by atoms with Crippen molar-refractivity contribution < 1.29 is 4.42 Å². The lowest BCUT2D eigenvalue weighted by Crippen LogP contribution is -1.91. The Morgan fingerprint density at radius 2 is 1.17 bits per heavy atom. The number of aromatic nitrogens is 1. The third kappa shape index (κ3) is 2.22. The van der Waals surface area contributed by atoms with E-state index in [1.54, 1.807) is 0 Å². The van der Waals surface area contributed by atoms with E-state index < -0.39 is 0 Å². The number of pyridine rings is 1. The first-order valence-electron chi connectivity index (χ1n) is 12.4. The normalized spacial score (nSPS) is 12.4. The first-order valence-corrected chi connectivity index (χ1v) is 12.4. The minimum atomic E-state index is 0.930. The van der Waals surface area contributed by atoms with Crippen molar-refractivity contribution in [1.29, 1.82) is 0 Å². The zero-order valence-electron chi connectivity index (χ0n) is 19.3. The molecule has 9 rings (SSSR count). The number of hydrogen-bond acceptors (Lipinski definition) is 1. The molecule has 9 aromatic rings. The van der Waals surface area contributed by atoms with Gasteiger partial charge in [0.1, 0.15) is 11.2 Å². The van der Waals surface area contributed by atoms with Crippen molar-refractivity contribution in [3.05, 3.63) is 115 Å². The molecule has 0 bridgehead atoms. The van der Waals surface area contributed by atoms with Crippen LogP contribution < -0.4 is 0 Å². The molecule has 0 unspecified atom stereocenters. The third-order valence-corrected chi connectivity index (χ3v) is 7.91. The summed E-state index contributed by atoms with van der Waals surface area (Å²) in [6, 6.07) is 41.7. The molecule has 0 saturated carbocycles. The van der Waals surface area contributed by atoms with Gasteiger partial charge in [0.2, 0.25) is 0 Å². The fourth-order valence-electron chi connectivity index (χ4n) is 6.33. The van der Waals surface area contributed by atoms with E-state index in [0.717, 1.165) is 21.9 Å². The number of nitrogens with zero attached hydrogens (tertiary/aromatic N) is 1. The molecule has 166 valence electrons. The second kappa shape index (κ2) is 6.44. The molecule has 0 saturated heterocycles. The highest BCUT2D eigenvalue weighted by Gasteiger charge is 2.18. The average molecular weight is 458 g/mol. The van der Waals surface area contributed by atoms with Crippen molar-refractivity contribution in [3.63, 3.8) is 0 Å². The number of rotatable bonds is 1. The fraction of sp³-hybridized carbons (Fsp3) is 0. The largest absolute Gasteiger partial charge is 0.456 e. The minimum absolute atomic E-state index is 0.930. The maximum atomic E-state index is 6.07. The summed E-state index contributed by atoms with van der Waals surface area (Å²) < 4.78 is 8.53. The van der Waals surface area contributed by atoms with Gasteiger partial charge in [-0.3, -0.25) is 0 Å². The maximum Gasteiger partial charge on any atom is 0.135 e. The number of fused-ring (bicyclic) bond motifs is 9. The van der Waals surface area contributed by atoms with Crippen LogP contribution in [0.3, 0.4) is 0 Å². The molecule has 0 spiro atoms. The fourth-order valence-corrected chi connectivity index (χ4v) is 6.33. The Kier molecular flexibility index (Phi) is 3.31. The number of hydrogen-bond donors (Lipinski definition) is 0. The van der Waals surface area contributed by atoms with Crippen LogP contribution in [0.2, 0.25) is 0 Å². The van der Waals surface area contributed by atoms with Gasteiger partial charge < -0.3 is 8.82 Å².